The molecular weight excluding hydrogens is 326 g/mol. The number of thioether (sulfide) groups is 1. The van der Waals surface area contributed by atoms with Crippen molar-refractivity contribution in [3.05, 3.63) is 59.7 Å². The minimum Gasteiger partial charge on any atom is -0.497 e. The van der Waals surface area contributed by atoms with Gasteiger partial charge in [-0.25, -0.2) is 4.79 Å². The molecule has 0 atom stereocenters. The van der Waals surface area contributed by atoms with Gasteiger partial charge >= 0.3 is 5.97 Å². The van der Waals surface area contributed by atoms with Crippen LogP contribution in [0.5, 0.6) is 5.75 Å². The minimum absolute atomic E-state index is 0.308. The van der Waals surface area contributed by atoms with E-state index in [1.54, 1.807) is 19.2 Å². The van der Waals surface area contributed by atoms with Crippen LogP contribution in [0.3, 0.4) is 0 Å². The van der Waals surface area contributed by atoms with Gasteiger partial charge in [0.15, 0.2) is 6.61 Å². The SMILES string of the molecule is COc1ccc(CNC(=O)COC(=O)c2ccccc2SC)cc1. The first kappa shape index (κ1) is 17.9. The van der Waals surface area contributed by atoms with E-state index in [0.717, 1.165) is 16.2 Å². The van der Waals surface area contributed by atoms with Crippen LogP contribution in [0.1, 0.15) is 15.9 Å². The first-order valence-corrected chi connectivity index (χ1v) is 8.56. The lowest BCUT2D eigenvalue weighted by atomic mass is 10.2. The number of carbonyl (C=O) groups is 2. The van der Waals surface area contributed by atoms with Crippen molar-refractivity contribution in [2.45, 2.75) is 11.4 Å². The van der Waals surface area contributed by atoms with E-state index in [1.807, 2.05) is 42.7 Å². The van der Waals surface area contributed by atoms with Crippen LogP contribution in [0, 0.1) is 0 Å². The van der Waals surface area contributed by atoms with Crippen LogP contribution in [0.4, 0.5) is 0 Å². The van der Waals surface area contributed by atoms with Gasteiger partial charge in [0, 0.05) is 11.4 Å². The van der Waals surface area contributed by atoms with Gasteiger partial charge in [-0.1, -0.05) is 24.3 Å². The lowest BCUT2D eigenvalue weighted by Gasteiger charge is -2.09. The number of rotatable bonds is 7. The van der Waals surface area contributed by atoms with E-state index in [1.165, 1.54) is 11.8 Å². The number of methoxy groups -OCH3 is 1. The van der Waals surface area contributed by atoms with Crippen LogP contribution in [0.15, 0.2) is 53.4 Å². The number of nitrogens with one attached hydrogen (secondary N) is 1. The Labute approximate surface area is 145 Å². The van der Waals surface area contributed by atoms with Crippen molar-refractivity contribution in [3.8, 4) is 5.75 Å². The number of ether oxygens (including phenoxy) is 2. The quantitative estimate of drug-likeness (QED) is 0.617. The number of amides is 1. The summed E-state index contributed by atoms with van der Waals surface area (Å²) >= 11 is 1.46. The first-order chi connectivity index (χ1) is 11.6. The van der Waals surface area contributed by atoms with Gasteiger partial charge in [-0.15, -0.1) is 11.8 Å². The number of hydrogen-bond donors (Lipinski definition) is 1. The molecule has 126 valence electrons. The molecule has 5 nitrogen and oxygen atoms in total. The second-order valence-corrected chi connectivity index (χ2v) is 5.75. The van der Waals surface area contributed by atoms with E-state index >= 15 is 0 Å². The van der Waals surface area contributed by atoms with Gasteiger partial charge in [-0.2, -0.15) is 0 Å². The van der Waals surface area contributed by atoms with Gasteiger partial charge in [-0.05, 0) is 36.1 Å². The van der Waals surface area contributed by atoms with Crippen LogP contribution in [0.2, 0.25) is 0 Å². The molecule has 0 heterocycles. The number of benzene rings is 2. The third kappa shape index (κ3) is 5.03. The van der Waals surface area contributed by atoms with Gasteiger partial charge in [0.05, 0.1) is 12.7 Å². The number of carbonyl (C=O) groups excluding carboxylic acids is 2. The van der Waals surface area contributed by atoms with Crippen LogP contribution < -0.4 is 10.1 Å². The molecule has 0 radical (unpaired) electrons. The van der Waals surface area contributed by atoms with Crippen LogP contribution in [-0.4, -0.2) is 31.8 Å². The van der Waals surface area contributed by atoms with E-state index in [9.17, 15) is 9.59 Å². The normalized spacial score (nSPS) is 10.1. The molecule has 0 spiro atoms. The highest BCUT2D eigenvalue weighted by molar-refractivity contribution is 7.98. The second-order valence-electron chi connectivity index (χ2n) is 4.90. The summed E-state index contributed by atoms with van der Waals surface area (Å²) in [4.78, 5) is 24.7. The molecule has 0 bridgehead atoms. The van der Waals surface area contributed by atoms with Crippen LogP contribution in [0.25, 0.3) is 0 Å². The Balaban J connectivity index is 1.81. The maximum atomic E-state index is 12.0. The zero-order valence-corrected chi connectivity index (χ0v) is 14.4. The fourth-order valence-electron chi connectivity index (χ4n) is 2.02. The Morgan fingerprint density at radius 1 is 1.08 bits per heavy atom. The summed E-state index contributed by atoms with van der Waals surface area (Å²) in [6.07, 6.45) is 1.88. The molecule has 0 aromatic heterocycles. The molecule has 0 aliphatic rings. The average Bonchev–Trinajstić information content (AvgIpc) is 2.64. The molecule has 6 heteroatoms. The van der Waals surface area contributed by atoms with E-state index in [4.69, 9.17) is 9.47 Å². The third-order valence-corrected chi connectivity index (χ3v) is 4.11. The van der Waals surface area contributed by atoms with Crippen molar-refractivity contribution in [1.29, 1.82) is 0 Å². The fraction of sp³-hybridized carbons (Fsp3) is 0.222. The summed E-state index contributed by atoms with van der Waals surface area (Å²) < 4.78 is 10.1. The summed E-state index contributed by atoms with van der Waals surface area (Å²) in [5, 5.41) is 2.71. The molecule has 1 amide bonds. The van der Waals surface area contributed by atoms with Crippen LogP contribution in [-0.2, 0) is 16.1 Å². The lowest BCUT2D eigenvalue weighted by molar-refractivity contribution is -0.124. The number of esters is 1. The van der Waals surface area contributed by atoms with E-state index in [0.29, 0.717) is 12.1 Å². The largest absolute Gasteiger partial charge is 0.497 e. The molecule has 0 aliphatic carbocycles. The van der Waals surface area contributed by atoms with Crippen LogP contribution >= 0.6 is 11.8 Å². The van der Waals surface area contributed by atoms with Crippen molar-refractivity contribution in [2.75, 3.05) is 20.0 Å². The third-order valence-electron chi connectivity index (χ3n) is 3.31. The van der Waals surface area contributed by atoms with Crippen molar-refractivity contribution in [2.24, 2.45) is 0 Å². The summed E-state index contributed by atoms with van der Waals surface area (Å²) in [5.74, 6) is -0.0909. The Morgan fingerprint density at radius 3 is 2.46 bits per heavy atom. The van der Waals surface area contributed by atoms with Gasteiger partial charge in [0.1, 0.15) is 5.75 Å². The van der Waals surface area contributed by atoms with Gasteiger partial charge in [0.2, 0.25) is 0 Å². The van der Waals surface area contributed by atoms with Crippen molar-refractivity contribution >= 4 is 23.6 Å². The Hall–Kier alpha value is -2.47. The predicted molar refractivity (Wildman–Crippen MR) is 93.3 cm³/mol. The molecule has 0 unspecified atom stereocenters. The molecule has 0 saturated heterocycles. The van der Waals surface area contributed by atoms with Crippen molar-refractivity contribution < 1.29 is 19.1 Å². The van der Waals surface area contributed by atoms with Crippen molar-refractivity contribution in [1.82, 2.24) is 5.32 Å². The molecule has 0 fully saturated rings. The van der Waals surface area contributed by atoms with Gasteiger partial charge in [0.25, 0.3) is 5.91 Å². The van der Waals surface area contributed by atoms with E-state index in [2.05, 4.69) is 5.32 Å². The smallest absolute Gasteiger partial charge is 0.339 e. The predicted octanol–water partition coefficient (Wildman–Crippen LogP) is 2.89. The monoisotopic (exact) mass is 345 g/mol. The molecular formula is C18H19NO4S. The fourth-order valence-corrected chi connectivity index (χ4v) is 2.60. The molecule has 0 aliphatic heterocycles. The summed E-state index contributed by atoms with van der Waals surface area (Å²) in [7, 11) is 1.60. The first-order valence-electron chi connectivity index (χ1n) is 7.34. The maximum Gasteiger partial charge on any atom is 0.339 e. The topological polar surface area (TPSA) is 64.6 Å². The van der Waals surface area contributed by atoms with E-state index < -0.39 is 5.97 Å². The average molecular weight is 345 g/mol. The Kier molecular flexibility index (Phi) is 6.69. The highest BCUT2D eigenvalue weighted by Crippen LogP contribution is 2.20. The standard InChI is InChI=1S/C18H19NO4S/c1-22-14-9-7-13(8-10-14)11-19-17(20)12-23-18(21)15-5-3-4-6-16(15)24-2/h3-10H,11-12H2,1-2H3,(H,19,20). The summed E-state index contributed by atoms with van der Waals surface area (Å²) in [6.45, 7) is 0.0550. The highest BCUT2D eigenvalue weighted by Gasteiger charge is 2.13. The molecule has 2 rings (SSSR count). The summed E-state index contributed by atoms with van der Waals surface area (Å²) in [6, 6.07) is 14.5. The molecule has 24 heavy (non-hydrogen) atoms. The zero-order valence-electron chi connectivity index (χ0n) is 13.6. The zero-order chi connectivity index (χ0) is 17.4. The van der Waals surface area contributed by atoms with Gasteiger partial charge < -0.3 is 14.8 Å². The van der Waals surface area contributed by atoms with Crippen molar-refractivity contribution in [3.63, 3.8) is 0 Å². The lowest BCUT2D eigenvalue weighted by Crippen LogP contribution is -2.28. The van der Waals surface area contributed by atoms with Gasteiger partial charge in [-0.3, -0.25) is 4.79 Å². The number of hydrogen-bond acceptors (Lipinski definition) is 5. The Bertz CT molecular complexity index is 700. The summed E-state index contributed by atoms with van der Waals surface area (Å²) in [5.41, 5.74) is 1.40. The highest BCUT2D eigenvalue weighted by atomic mass is 32.2. The molecule has 1 N–H and O–H groups in total. The second kappa shape index (κ2) is 8.98. The molecule has 2 aromatic carbocycles. The Morgan fingerprint density at radius 2 is 1.79 bits per heavy atom. The minimum atomic E-state index is -0.500. The maximum absolute atomic E-state index is 12.0. The molecule has 2 aromatic rings. The van der Waals surface area contributed by atoms with E-state index in [-0.39, 0.29) is 12.5 Å². The molecule has 0 saturated carbocycles.